The summed E-state index contributed by atoms with van der Waals surface area (Å²) in [5.41, 5.74) is 1.25. The van der Waals surface area contributed by atoms with Crippen LogP contribution in [0.3, 0.4) is 0 Å². The van der Waals surface area contributed by atoms with Gasteiger partial charge in [-0.2, -0.15) is 10.1 Å². The average molecular weight is 328 g/mol. The maximum atomic E-state index is 12.3. The Labute approximate surface area is 137 Å². The fraction of sp³-hybridized carbons (Fsp3) is 0.200. The van der Waals surface area contributed by atoms with Crippen LogP contribution in [0, 0.1) is 6.92 Å². The molecule has 0 aliphatic rings. The Morgan fingerprint density at radius 1 is 1.38 bits per heavy atom. The molecule has 9 heteroatoms. The molecule has 0 radical (unpaired) electrons. The molecule has 0 bridgehead atoms. The number of H-pyrrole nitrogens is 1. The van der Waals surface area contributed by atoms with E-state index in [2.05, 4.69) is 31.0 Å². The van der Waals surface area contributed by atoms with Crippen molar-refractivity contribution in [3.8, 4) is 5.75 Å². The van der Waals surface area contributed by atoms with Crippen molar-refractivity contribution in [1.29, 1.82) is 0 Å². The van der Waals surface area contributed by atoms with Crippen molar-refractivity contribution in [3.63, 3.8) is 0 Å². The van der Waals surface area contributed by atoms with Crippen LogP contribution in [0.1, 0.15) is 23.3 Å². The third-order valence-corrected chi connectivity index (χ3v) is 3.28. The zero-order valence-electron chi connectivity index (χ0n) is 13.1. The minimum absolute atomic E-state index is 0.333. The molecule has 3 N–H and O–H groups in total. The molecule has 0 aliphatic heterocycles. The van der Waals surface area contributed by atoms with E-state index in [4.69, 9.17) is 9.26 Å². The summed E-state index contributed by atoms with van der Waals surface area (Å²) in [4.78, 5) is 16.5. The highest BCUT2D eigenvalue weighted by Gasteiger charge is 2.25. The minimum atomic E-state index is -0.634. The Morgan fingerprint density at radius 2 is 2.21 bits per heavy atom. The number of nitrogens with zero attached hydrogens (tertiary/aromatic N) is 3. The Kier molecular flexibility index (Phi) is 4.41. The SMILES string of the molecule is COc1ccccc1[C@@H](NC(=O)Nc1cn[nH]c1)c1noc(C)n1. The van der Waals surface area contributed by atoms with E-state index in [-0.39, 0.29) is 0 Å². The molecule has 0 saturated carbocycles. The van der Waals surface area contributed by atoms with Crippen molar-refractivity contribution in [1.82, 2.24) is 25.7 Å². The molecule has 24 heavy (non-hydrogen) atoms. The van der Waals surface area contributed by atoms with Gasteiger partial charge in [0.25, 0.3) is 0 Å². The molecule has 0 spiro atoms. The predicted molar refractivity (Wildman–Crippen MR) is 84.6 cm³/mol. The van der Waals surface area contributed by atoms with E-state index < -0.39 is 12.1 Å². The summed E-state index contributed by atoms with van der Waals surface area (Å²) in [6.07, 6.45) is 3.06. The average Bonchev–Trinajstić information content (AvgIpc) is 3.24. The van der Waals surface area contributed by atoms with Crippen molar-refractivity contribution >= 4 is 11.7 Å². The van der Waals surface area contributed by atoms with Crippen molar-refractivity contribution < 1.29 is 14.1 Å². The molecule has 2 aromatic heterocycles. The van der Waals surface area contributed by atoms with Crippen LogP contribution in [0.4, 0.5) is 10.5 Å². The maximum Gasteiger partial charge on any atom is 0.320 e. The van der Waals surface area contributed by atoms with Gasteiger partial charge in [-0.3, -0.25) is 5.10 Å². The lowest BCUT2D eigenvalue weighted by Crippen LogP contribution is -2.34. The maximum absolute atomic E-state index is 12.3. The number of aryl methyl sites for hydroxylation is 1. The van der Waals surface area contributed by atoms with Gasteiger partial charge in [-0.15, -0.1) is 0 Å². The first-order chi connectivity index (χ1) is 11.7. The number of carbonyl (C=O) groups is 1. The molecule has 0 unspecified atom stereocenters. The van der Waals surface area contributed by atoms with Crippen molar-refractivity contribution in [3.05, 3.63) is 53.9 Å². The zero-order valence-corrected chi connectivity index (χ0v) is 13.1. The van der Waals surface area contributed by atoms with Gasteiger partial charge in [-0.1, -0.05) is 23.4 Å². The lowest BCUT2D eigenvalue weighted by atomic mass is 10.1. The van der Waals surface area contributed by atoms with E-state index >= 15 is 0 Å². The fourth-order valence-corrected chi connectivity index (χ4v) is 2.24. The van der Waals surface area contributed by atoms with E-state index in [0.717, 1.165) is 0 Å². The molecule has 124 valence electrons. The number of anilines is 1. The Bertz CT molecular complexity index is 814. The second kappa shape index (κ2) is 6.82. The molecule has 0 aliphatic carbocycles. The van der Waals surface area contributed by atoms with Gasteiger partial charge in [0, 0.05) is 18.7 Å². The molecule has 3 aromatic rings. The van der Waals surface area contributed by atoms with E-state index in [1.807, 2.05) is 18.2 Å². The van der Waals surface area contributed by atoms with E-state index in [0.29, 0.717) is 28.7 Å². The first-order valence-electron chi connectivity index (χ1n) is 7.17. The highest BCUT2D eigenvalue weighted by molar-refractivity contribution is 5.89. The first-order valence-corrected chi connectivity index (χ1v) is 7.17. The van der Waals surface area contributed by atoms with Crippen LogP contribution in [0.15, 0.2) is 41.2 Å². The minimum Gasteiger partial charge on any atom is -0.496 e. The lowest BCUT2D eigenvalue weighted by Gasteiger charge is -2.18. The third kappa shape index (κ3) is 3.35. The van der Waals surface area contributed by atoms with Crippen molar-refractivity contribution in [2.45, 2.75) is 13.0 Å². The number of methoxy groups -OCH3 is 1. The van der Waals surface area contributed by atoms with Crippen LogP contribution < -0.4 is 15.4 Å². The largest absolute Gasteiger partial charge is 0.496 e. The summed E-state index contributed by atoms with van der Waals surface area (Å²) in [6.45, 7) is 1.68. The molecule has 9 nitrogen and oxygen atoms in total. The number of aromatic nitrogens is 4. The zero-order chi connectivity index (χ0) is 16.9. The second-order valence-corrected chi connectivity index (χ2v) is 4.93. The number of benzene rings is 1. The summed E-state index contributed by atoms with van der Waals surface area (Å²) in [6, 6.07) is 6.23. The lowest BCUT2D eigenvalue weighted by molar-refractivity contribution is 0.249. The summed E-state index contributed by atoms with van der Waals surface area (Å²) < 4.78 is 10.4. The van der Waals surface area contributed by atoms with Crippen LogP contribution in [0.25, 0.3) is 0 Å². The second-order valence-electron chi connectivity index (χ2n) is 4.93. The molecular formula is C15H16N6O3. The predicted octanol–water partition coefficient (Wildman–Crippen LogP) is 2.02. The highest BCUT2D eigenvalue weighted by atomic mass is 16.5. The van der Waals surface area contributed by atoms with E-state index in [9.17, 15) is 4.79 Å². The van der Waals surface area contributed by atoms with Crippen LogP contribution >= 0.6 is 0 Å². The van der Waals surface area contributed by atoms with Gasteiger partial charge in [0.2, 0.25) is 5.89 Å². The van der Waals surface area contributed by atoms with E-state index in [1.165, 1.54) is 6.20 Å². The normalized spacial score (nSPS) is 11.8. The molecule has 0 fully saturated rings. The topological polar surface area (TPSA) is 118 Å². The monoisotopic (exact) mass is 328 g/mol. The Balaban J connectivity index is 1.89. The number of hydrogen-bond acceptors (Lipinski definition) is 6. The number of para-hydroxylation sites is 1. The number of hydrogen-bond donors (Lipinski definition) is 3. The van der Waals surface area contributed by atoms with Crippen LogP contribution in [0.5, 0.6) is 5.75 Å². The van der Waals surface area contributed by atoms with Gasteiger partial charge in [-0.25, -0.2) is 4.79 Å². The van der Waals surface area contributed by atoms with Gasteiger partial charge < -0.3 is 19.9 Å². The van der Waals surface area contributed by atoms with Crippen LogP contribution in [-0.2, 0) is 0 Å². The Hall–Kier alpha value is -3.36. The highest BCUT2D eigenvalue weighted by Crippen LogP contribution is 2.28. The van der Waals surface area contributed by atoms with Crippen molar-refractivity contribution in [2.75, 3.05) is 12.4 Å². The standard InChI is InChI=1S/C15H16N6O3/c1-9-18-14(21-24-9)13(11-5-3-4-6-12(11)23-2)20-15(22)19-10-7-16-17-8-10/h3-8,13H,1-2H3,(H,16,17)(H2,19,20,22)/t13-/m1/s1. The smallest absolute Gasteiger partial charge is 0.320 e. The van der Waals surface area contributed by atoms with Gasteiger partial charge in [0.05, 0.1) is 19.0 Å². The van der Waals surface area contributed by atoms with E-state index in [1.54, 1.807) is 26.3 Å². The summed E-state index contributed by atoms with van der Waals surface area (Å²) in [5.74, 6) is 1.34. The molecule has 1 aromatic carbocycles. The molecule has 2 heterocycles. The van der Waals surface area contributed by atoms with Gasteiger partial charge in [-0.05, 0) is 6.07 Å². The number of amides is 2. The van der Waals surface area contributed by atoms with Gasteiger partial charge >= 0.3 is 6.03 Å². The molecule has 0 saturated heterocycles. The fourth-order valence-electron chi connectivity index (χ4n) is 2.24. The third-order valence-electron chi connectivity index (χ3n) is 3.28. The Morgan fingerprint density at radius 3 is 2.88 bits per heavy atom. The van der Waals surface area contributed by atoms with Gasteiger partial charge in [0.1, 0.15) is 11.8 Å². The molecule has 1 atom stereocenters. The number of rotatable bonds is 5. The summed E-state index contributed by atoms with van der Waals surface area (Å²) >= 11 is 0. The molecule has 2 amide bonds. The number of urea groups is 1. The number of carbonyl (C=O) groups excluding carboxylic acids is 1. The quantitative estimate of drug-likeness (QED) is 0.659. The number of ether oxygens (including phenoxy) is 1. The van der Waals surface area contributed by atoms with Crippen LogP contribution in [-0.4, -0.2) is 33.5 Å². The molecular weight excluding hydrogens is 312 g/mol. The van der Waals surface area contributed by atoms with Crippen LogP contribution in [0.2, 0.25) is 0 Å². The molecule has 3 rings (SSSR count). The van der Waals surface area contributed by atoms with Crippen molar-refractivity contribution in [2.24, 2.45) is 0 Å². The van der Waals surface area contributed by atoms with Gasteiger partial charge in [0.15, 0.2) is 5.82 Å². The number of nitrogens with one attached hydrogen (secondary N) is 3. The summed E-state index contributed by atoms with van der Waals surface area (Å²) in [5, 5.41) is 15.8. The number of aromatic amines is 1. The first kappa shape index (κ1) is 15.5. The summed E-state index contributed by atoms with van der Waals surface area (Å²) in [7, 11) is 1.56.